The van der Waals surface area contributed by atoms with Crippen LogP contribution in [0, 0.1) is 22.9 Å². The second kappa shape index (κ2) is 9.60. The predicted octanol–water partition coefficient (Wildman–Crippen LogP) is 4.37. The third-order valence-electron chi connectivity index (χ3n) is 4.59. The summed E-state index contributed by atoms with van der Waals surface area (Å²) < 4.78 is 29.2. The smallest absolute Gasteiger partial charge is 0.327 e. The van der Waals surface area contributed by atoms with Gasteiger partial charge in [0.05, 0.1) is 43.5 Å². The van der Waals surface area contributed by atoms with Crippen molar-refractivity contribution in [2.24, 2.45) is 0 Å². The van der Waals surface area contributed by atoms with Crippen LogP contribution in [0.4, 0.5) is 15.8 Å². The van der Waals surface area contributed by atoms with Gasteiger partial charge in [0, 0.05) is 17.1 Å². The number of amides is 1. The molecule has 1 heterocycles. The number of benzene rings is 2. The van der Waals surface area contributed by atoms with Gasteiger partial charge in [-0.3, -0.25) is 14.9 Å². The van der Waals surface area contributed by atoms with E-state index in [-0.39, 0.29) is 29.4 Å². The maximum absolute atomic E-state index is 13.7. The van der Waals surface area contributed by atoms with Crippen molar-refractivity contribution in [3.05, 3.63) is 67.9 Å². The van der Waals surface area contributed by atoms with E-state index in [0.29, 0.717) is 11.4 Å². The number of nitrogens with zero attached hydrogens (tertiary/aromatic N) is 3. The van der Waals surface area contributed by atoms with Gasteiger partial charge in [0.25, 0.3) is 5.91 Å². The Hall–Kier alpha value is -3.73. The molecule has 0 bridgehead atoms. The van der Waals surface area contributed by atoms with E-state index >= 15 is 0 Å². The summed E-state index contributed by atoms with van der Waals surface area (Å²) in [7, 11) is 3.88. The SMILES string of the molecule is COc1cc(C(=O)N(Cc2csc(C)n2)c2ccc(F)cc2)c([N+](=O)[O-])c(OC)c1OC. The van der Waals surface area contributed by atoms with Crippen LogP contribution in [0.3, 0.4) is 0 Å². The largest absolute Gasteiger partial charge is 0.493 e. The molecule has 0 atom stereocenters. The predicted molar refractivity (Wildman–Crippen MR) is 117 cm³/mol. The monoisotopic (exact) mass is 461 g/mol. The molecule has 0 aliphatic rings. The zero-order chi connectivity index (χ0) is 23.4. The summed E-state index contributed by atoms with van der Waals surface area (Å²) in [5, 5.41) is 14.5. The molecule has 0 spiro atoms. The Bertz CT molecular complexity index is 1150. The van der Waals surface area contributed by atoms with Crippen LogP contribution in [-0.2, 0) is 6.54 Å². The lowest BCUT2D eigenvalue weighted by atomic mass is 10.1. The van der Waals surface area contributed by atoms with Gasteiger partial charge in [-0.25, -0.2) is 9.37 Å². The fourth-order valence-electron chi connectivity index (χ4n) is 3.17. The highest BCUT2D eigenvalue weighted by atomic mass is 32.1. The first-order valence-electron chi connectivity index (χ1n) is 9.26. The van der Waals surface area contributed by atoms with Crippen LogP contribution in [-0.4, -0.2) is 37.1 Å². The van der Waals surface area contributed by atoms with Crippen LogP contribution in [0.15, 0.2) is 35.7 Å². The van der Waals surface area contributed by atoms with E-state index in [0.717, 1.165) is 5.01 Å². The molecule has 0 saturated heterocycles. The van der Waals surface area contributed by atoms with Crippen molar-refractivity contribution >= 4 is 28.6 Å². The van der Waals surface area contributed by atoms with Gasteiger partial charge in [-0.1, -0.05) is 0 Å². The van der Waals surface area contributed by atoms with Crippen molar-refractivity contribution in [3.8, 4) is 17.2 Å². The first kappa shape index (κ1) is 22.9. The molecule has 0 radical (unpaired) electrons. The average Bonchev–Trinajstić information content (AvgIpc) is 3.20. The minimum absolute atomic E-state index is 0.0123. The van der Waals surface area contributed by atoms with E-state index in [4.69, 9.17) is 14.2 Å². The van der Waals surface area contributed by atoms with Crippen molar-refractivity contribution in [2.45, 2.75) is 13.5 Å². The summed E-state index contributed by atoms with van der Waals surface area (Å²) in [4.78, 5) is 30.5. The highest BCUT2D eigenvalue weighted by Crippen LogP contribution is 2.46. The molecule has 1 amide bonds. The second-order valence-electron chi connectivity index (χ2n) is 6.52. The van der Waals surface area contributed by atoms with Gasteiger partial charge in [-0.2, -0.15) is 0 Å². The fraction of sp³-hybridized carbons (Fsp3) is 0.238. The molecule has 2 aromatic carbocycles. The van der Waals surface area contributed by atoms with Gasteiger partial charge >= 0.3 is 5.69 Å². The molecule has 0 aliphatic carbocycles. The van der Waals surface area contributed by atoms with Gasteiger partial charge in [-0.15, -0.1) is 11.3 Å². The first-order chi connectivity index (χ1) is 15.3. The quantitative estimate of drug-likeness (QED) is 0.362. The molecule has 11 heteroatoms. The van der Waals surface area contributed by atoms with Crippen LogP contribution in [0.1, 0.15) is 21.1 Å². The lowest BCUT2D eigenvalue weighted by molar-refractivity contribution is -0.386. The van der Waals surface area contributed by atoms with Gasteiger partial charge < -0.3 is 19.1 Å². The number of aryl methyl sites for hydroxylation is 1. The third kappa shape index (κ3) is 4.47. The summed E-state index contributed by atoms with van der Waals surface area (Å²) in [6, 6.07) is 6.45. The van der Waals surface area contributed by atoms with Crippen LogP contribution >= 0.6 is 11.3 Å². The van der Waals surface area contributed by atoms with Crippen molar-refractivity contribution in [2.75, 3.05) is 26.2 Å². The van der Waals surface area contributed by atoms with E-state index in [2.05, 4.69) is 4.98 Å². The molecule has 0 fully saturated rings. The second-order valence-corrected chi connectivity index (χ2v) is 7.59. The average molecular weight is 461 g/mol. The maximum atomic E-state index is 13.7. The van der Waals surface area contributed by atoms with Crippen molar-refractivity contribution < 1.29 is 28.3 Å². The number of ether oxygens (including phenoxy) is 3. The maximum Gasteiger partial charge on any atom is 0.327 e. The molecule has 3 aromatic rings. The Morgan fingerprint density at radius 1 is 1.16 bits per heavy atom. The Labute approximate surface area is 187 Å². The number of thiazole rings is 1. The van der Waals surface area contributed by atoms with Crippen LogP contribution in [0.5, 0.6) is 17.2 Å². The molecular formula is C21H20FN3O6S. The molecular weight excluding hydrogens is 441 g/mol. The number of methoxy groups -OCH3 is 3. The summed E-state index contributed by atoms with van der Waals surface area (Å²) >= 11 is 1.40. The number of halogens is 1. The van der Waals surface area contributed by atoms with Gasteiger partial charge in [-0.05, 0) is 31.2 Å². The summed E-state index contributed by atoms with van der Waals surface area (Å²) in [5.74, 6) is -1.37. The van der Waals surface area contributed by atoms with Gasteiger partial charge in [0.2, 0.25) is 11.5 Å². The topological polar surface area (TPSA) is 104 Å². The minimum Gasteiger partial charge on any atom is -0.493 e. The number of nitro benzene ring substituents is 1. The number of carbonyl (C=O) groups excluding carboxylic acids is 1. The molecule has 168 valence electrons. The molecule has 3 rings (SSSR count). The van der Waals surface area contributed by atoms with Crippen molar-refractivity contribution in [3.63, 3.8) is 0 Å². The van der Waals surface area contributed by atoms with Crippen molar-refractivity contribution in [1.82, 2.24) is 4.98 Å². The van der Waals surface area contributed by atoms with Crippen LogP contribution in [0.25, 0.3) is 0 Å². The molecule has 9 nitrogen and oxygen atoms in total. The van der Waals surface area contributed by atoms with E-state index in [9.17, 15) is 19.3 Å². The lowest BCUT2D eigenvalue weighted by Crippen LogP contribution is -2.31. The normalized spacial score (nSPS) is 10.5. The molecule has 0 N–H and O–H groups in total. The van der Waals surface area contributed by atoms with E-state index < -0.39 is 22.3 Å². The lowest BCUT2D eigenvalue weighted by Gasteiger charge is -2.23. The molecule has 32 heavy (non-hydrogen) atoms. The Morgan fingerprint density at radius 3 is 2.31 bits per heavy atom. The summed E-state index contributed by atoms with van der Waals surface area (Å²) in [6.07, 6.45) is 0. The van der Waals surface area contributed by atoms with Gasteiger partial charge in [0.1, 0.15) is 11.4 Å². The zero-order valence-electron chi connectivity index (χ0n) is 17.7. The summed E-state index contributed by atoms with van der Waals surface area (Å²) in [5.41, 5.74) is 0.0721. The molecule has 1 aromatic heterocycles. The minimum atomic E-state index is -0.718. The van der Waals surface area contributed by atoms with Crippen LogP contribution in [0.2, 0.25) is 0 Å². The highest BCUT2D eigenvalue weighted by Gasteiger charge is 2.35. The van der Waals surface area contributed by atoms with Crippen LogP contribution < -0.4 is 19.1 Å². The first-order valence-corrected chi connectivity index (χ1v) is 10.1. The zero-order valence-corrected chi connectivity index (χ0v) is 18.6. The number of nitro groups is 1. The van der Waals surface area contributed by atoms with E-state index in [1.807, 2.05) is 6.92 Å². The Balaban J connectivity index is 2.20. The number of hydrogen-bond donors (Lipinski definition) is 0. The number of carbonyl (C=O) groups is 1. The number of anilines is 1. The standard InChI is InChI=1S/C21H20FN3O6S/c1-12-23-14(11-32-12)10-24(15-7-5-13(22)6-8-15)21(26)16-9-17(29-2)19(30-3)20(31-4)18(16)25(27)28/h5-9,11H,10H2,1-4H3. The van der Waals surface area contributed by atoms with E-state index in [1.165, 1.54) is 67.9 Å². The number of hydrogen-bond acceptors (Lipinski definition) is 8. The number of aromatic nitrogens is 1. The molecule has 0 unspecified atom stereocenters. The summed E-state index contributed by atoms with van der Waals surface area (Å²) in [6.45, 7) is 1.84. The fourth-order valence-corrected chi connectivity index (χ4v) is 3.78. The van der Waals surface area contributed by atoms with Gasteiger partial charge in [0.15, 0.2) is 5.75 Å². The number of rotatable bonds is 8. The van der Waals surface area contributed by atoms with Crippen molar-refractivity contribution in [1.29, 1.82) is 0 Å². The Morgan fingerprint density at radius 2 is 1.81 bits per heavy atom. The van der Waals surface area contributed by atoms with E-state index in [1.54, 1.807) is 5.38 Å². The highest BCUT2D eigenvalue weighted by molar-refractivity contribution is 7.09. The molecule has 0 aliphatic heterocycles. The molecule has 0 saturated carbocycles. The third-order valence-corrected chi connectivity index (χ3v) is 5.41. The Kier molecular flexibility index (Phi) is 6.89.